The molecule has 0 heterocycles. The fourth-order valence-electron chi connectivity index (χ4n) is 2.15. The van der Waals surface area contributed by atoms with E-state index in [-0.39, 0.29) is 12.1 Å². The fourth-order valence-corrected chi connectivity index (χ4v) is 2.15. The molecule has 4 heteroatoms. The molecule has 0 radical (unpaired) electrons. The summed E-state index contributed by atoms with van der Waals surface area (Å²) in [7, 11) is 3.89. The molecule has 98 valence electrons. The highest BCUT2D eigenvalue weighted by Gasteiger charge is 2.28. The van der Waals surface area contributed by atoms with E-state index in [9.17, 15) is 9.90 Å². The zero-order valence-electron chi connectivity index (χ0n) is 10.8. The van der Waals surface area contributed by atoms with E-state index in [4.69, 9.17) is 4.74 Å². The standard InChI is InChI=1S/C14H19NO3/c1-15(2)11-8-6-10(7-9-11)14(17)18-13-5-3-4-12(13)16/h6-9,12-13,16H,3-5H2,1-2H3/t12-,13+/m1/s1. The van der Waals surface area contributed by atoms with Crippen molar-refractivity contribution < 1.29 is 14.6 Å². The van der Waals surface area contributed by atoms with Crippen LogP contribution in [0.2, 0.25) is 0 Å². The first-order valence-corrected chi connectivity index (χ1v) is 6.24. The van der Waals surface area contributed by atoms with Gasteiger partial charge in [0.15, 0.2) is 0 Å². The average Bonchev–Trinajstić information content (AvgIpc) is 2.75. The monoisotopic (exact) mass is 249 g/mol. The van der Waals surface area contributed by atoms with Crippen LogP contribution >= 0.6 is 0 Å². The Hall–Kier alpha value is -1.55. The first-order valence-electron chi connectivity index (χ1n) is 6.24. The zero-order valence-corrected chi connectivity index (χ0v) is 10.8. The Kier molecular flexibility index (Phi) is 3.87. The normalized spacial score (nSPS) is 22.8. The third-order valence-electron chi connectivity index (χ3n) is 3.30. The quantitative estimate of drug-likeness (QED) is 0.830. The maximum Gasteiger partial charge on any atom is 0.338 e. The number of benzene rings is 1. The Morgan fingerprint density at radius 3 is 2.44 bits per heavy atom. The van der Waals surface area contributed by atoms with Gasteiger partial charge in [-0.3, -0.25) is 0 Å². The predicted octanol–water partition coefficient (Wildman–Crippen LogP) is 1.82. The van der Waals surface area contributed by atoms with E-state index in [1.807, 2.05) is 31.1 Å². The van der Waals surface area contributed by atoms with Gasteiger partial charge in [0.2, 0.25) is 0 Å². The summed E-state index contributed by atoms with van der Waals surface area (Å²) in [4.78, 5) is 13.8. The molecule has 1 fully saturated rings. The molecule has 1 aliphatic carbocycles. The Morgan fingerprint density at radius 1 is 1.28 bits per heavy atom. The summed E-state index contributed by atoms with van der Waals surface area (Å²) in [5, 5.41) is 9.62. The minimum Gasteiger partial charge on any atom is -0.456 e. The molecule has 1 aliphatic rings. The molecule has 0 saturated heterocycles. The predicted molar refractivity (Wildman–Crippen MR) is 69.8 cm³/mol. The fraction of sp³-hybridized carbons (Fsp3) is 0.500. The van der Waals surface area contributed by atoms with Gasteiger partial charge in [-0.25, -0.2) is 4.79 Å². The van der Waals surface area contributed by atoms with Gasteiger partial charge in [0.05, 0.1) is 11.7 Å². The van der Waals surface area contributed by atoms with E-state index in [0.717, 1.165) is 24.9 Å². The van der Waals surface area contributed by atoms with E-state index in [1.54, 1.807) is 12.1 Å². The Morgan fingerprint density at radius 2 is 1.94 bits per heavy atom. The molecule has 0 aliphatic heterocycles. The molecular weight excluding hydrogens is 230 g/mol. The van der Waals surface area contributed by atoms with Crippen LogP contribution in [0.4, 0.5) is 5.69 Å². The lowest BCUT2D eigenvalue weighted by atomic mass is 10.2. The number of hydrogen-bond acceptors (Lipinski definition) is 4. The second kappa shape index (κ2) is 5.40. The lowest BCUT2D eigenvalue weighted by Crippen LogP contribution is -2.25. The molecule has 0 bridgehead atoms. The molecule has 1 saturated carbocycles. The third-order valence-corrected chi connectivity index (χ3v) is 3.30. The smallest absolute Gasteiger partial charge is 0.338 e. The van der Waals surface area contributed by atoms with Crippen LogP contribution in [0.15, 0.2) is 24.3 Å². The van der Waals surface area contributed by atoms with Gasteiger partial charge in [0.25, 0.3) is 0 Å². The second-order valence-corrected chi connectivity index (χ2v) is 4.88. The molecular formula is C14H19NO3. The van der Waals surface area contributed by atoms with Crippen LogP contribution in [0.25, 0.3) is 0 Å². The molecule has 18 heavy (non-hydrogen) atoms. The molecule has 2 rings (SSSR count). The number of hydrogen-bond donors (Lipinski definition) is 1. The number of esters is 1. The number of carbonyl (C=O) groups is 1. The number of ether oxygens (including phenoxy) is 1. The lowest BCUT2D eigenvalue weighted by molar-refractivity contribution is -0.00484. The minimum absolute atomic E-state index is 0.342. The van der Waals surface area contributed by atoms with Gasteiger partial charge in [0.1, 0.15) is 6.10 Å². The maximum absolute atomic E-state index is 11.9. The second-order valence-electron chi connectivity index (χ2n) is 4.88. The third kappa shape index (κ3) is 2.82. The summed E-state index contributed by atoms with van der Waals surface area (Å²) in [6.07, 6.45) is 1.54. The lowest BCUT2D eigenvalue weighted by Gasteiger charge is -2.16. The van der Waals surface area contributed by atoms with Crippen LogP contribution in [0.1, 0.15) is 29.6 Å². The molecule has 4 nitrogen and oxygen atoms in total. The highest BCUT2D eigenvalue weighted by Crippen LogP contribution is 2.23. The largest absolute Gasteiger partial charge is 0.456 e. The van der Waals surface area contributed by atoms with Crippen molar-refractivity contribution in [2.75, 3.05) is 19.0 Å². The maximum atomic E-state index is 11.9. The first-order chi connectivity index (χ1) is 8.58. The number of nitrogens with zero attached hydrogens (tertiary/aromatic N) is 1. The highest BCUT2D eigenvalue weighted by atomic mass is 16.6. The van der Waals surface area contributed by atoms with E-state index in [2.05, 4.69) is 0 Å². The summed E-state index contributed by atoms with van der Waals surface area (Å²) in [6, 6.07) is 7.25. The van der Waals surface area contributed by atoms with Crippen molar-refractivity contribution >= 4 is 11.7 Å². The number of aliphatic hydroxyl groups excluding tert-OH is 1. The van der Waals surface area contributed by atoms with Gasteiger partial charge in [-0.05, 0) is 43.5 Å². The van der Waals surface area contributed by atoms with Crippen LogP contribution in [-0.4, -0.2) is 37.4 Å². The summed E-state index contributed by atoms with van der Waals surface area (Å²) >= 11 is 0. The molecule has 1 N–H and O–H groups in total. The van der Waals surface area contributed by atoms with Crippen molar-refractivity contribution in [1.29, 1.82) is 0 Å². The Bertz CT molecular complexity index is 414. The van der Waals surface area contributed by atoms with Gasteiger partial charge in [0, 0.05) is 19.8 Å². The molecule has 0 unspecified atom stereocenters. The number of aliphatic hydroxyl groups is 1. The van der Waals surface area contributed by atoms with E-state index in [1.165, 1.54) is 0 Å². The van der Waals surface area contributed by atoms with Crippen molar-refractivity contribution in [2.24, 2.45) is 0 Å². The van der Waals surface area contributed by atoms with Gasteiger partial charge >= 0.3 is 5.97 Å². The summed E-state index contributed by atoms with van der Waals surface area (Å²) in [5.74, 6) is -0.355. The van der Waals surface area contributed by atoms with E-state index < -0.39 is 6.10 Å². The topological polar surface area (TPSA) is 49.8 Å². The average molecular weight is 249 g/mol. The van der Waals surface area contributed by atoms with Crippen LogP contribution in [0.5, 0.6) is 0 Å². The van der Waals surface area contributed by atoms with Gasteiger partial charge in [-0.1, -0.05) is 0 Å². The number of rotatable bonds is 3. The van der Waals surface area contributed by atoms with E-state index in [0.29, 0.717) is 5.56 Å². The Labute approximate surface area is 107 Å². The molecule has 0 spiro atoms. The summed E-state index contributed by atoms with van der Waals surface area (Å²) < 4.78 is 5.31. The van der Waals surface area contributed by atoms with Crippen LogP contribution in [-0.2, 0) is 4.74 Å². The van der Waals surface area contributed by atoms with Crippen LogP contribution in [0, 0.1) is 0 Å². The molecule has 0 aromatic heterocycles. The summed E-state index contributed by atoms with van der Waals surface area (Å²) in [5.41, 5.74) is 1.56. The van der Waals surface area contributed by atoms with Gasteiger partial charge in [-0.15, -0.1) is 0 Å². The minimum atomic E-state index is -0.505. The molecule has 2 atom stereocenters. The first kappa shape index (κ1) is 12.9. The van der Waals surface area contributed by atoms with Crippen molar-refractivity contribution in [3.05, 3.63) is 29.8 Å². The Balaban J connectivity index is 2.00. The number of anilines is 1. The van der Waals surface area contributed by atoms with Crippen molar-refractivity contribution in [3.8, 4) is 0 Å². The van der Waals surface area contributed by atoms with Crippen molar-refractivity contribution in [1.82, 2.24) is 0 Å². The molecule has 0 amide bonds. The molecule has 1 aromatic carbocycles. The number of carbonyl (C=O) groups excluding carboxylic acids is 1. The molecule has 1 aromatic rings. The SMILES string of the molecule is CN(C)c1ccc(C(=O)O[C@H]2CCC[C@H]2O)cc1. The van der Waals surface area contributed by atoms with Crippen LogP contribution < -0.4 is 4.90 Å². The van der Waals surface area contributed by atoms with E-state index >= 15 is 0 Å². The van der Waals surface area contributed by atoms with Crippen molar-refractivity contribution in [3.63, 3.8) is 0 Å². The summed E-state index contributed by atoms with van der Waals surface area (Å²) in [6.45, 7) is 0. The van der Waals surface area contributed by atoms with Gasteiger partial charge in [-0.2, -0.15) is 0 Å². The zero-order chi connectivity index (χ0) is 13.1. The van der Waals surface area contributed by atoms with Gasteiger partial charge < -0.3 is 14.7 Å². The highest BCUT2D eigenvalue weighted by molar-refractivity contribution is 5.90. The van der Waals surface area contributed by atoms with Crippen molar-refractivity contribution in [2.45, 2.75) is 31.5 Å². The van der Waals surface area contributed by atoms with Crippen LogP contribution in [0.3, 0.4) is 0 Å².